The molecular formula is C18H19FN2O2. The zero-order valence-electron chi connectivity index (χ0n) is 13.0. The van der Waals surface area contributed by atoms with Gasteiger partial charge in [0.2, 0.25) is 5.91 Å². The van der Waals surface area contributed by atoms with E-state index in [4.69, 9.17) is 0 Å². The topological polar surface area (TPSA) is 49.4 Å². The first-order chi connectivity index (χ1) is 11.1. The zero-order valence-corrected chi connectivity index (χ0v) is 13.0. The molecule has 0 aliphatic heterocycles. The fourth-order valence-corrected chi connectivity index (χ4v) is 2.20. The number of rotatable bonds is 6. The molecule has 0 saturated carbocycles. The molecule has 4 nitrogen and oxygen atoms in total. The molecule has 0 aromatic heterocycles. The van der Waals surface area contributed by atoms with Crippen LogP contribution < -0.4 is 5.32 Å². The smallest absolute Gasteiger partial charge is 0.254 e. The van der Waals surface area contributed by atoms with Crippen molar-refractivity contribution in [1.82, 2.24) is 10.2 Å². The second kappa shape index (κ2) is 8.08. The quantitative estimate of drug-likeness (QED) is 0.891. The molecule has 2 aromatic carbocycles. The van der Waals surface area contributed by atoms with Gasteiger partial charge in [-0.15, -0.1) is 0 Å². The molecule has 0 radical (unpaired) electrons. The van der Waals surface area contributed by atoms with E-state index in [0.717, 1.165) is 5.56 Å². The van der Waals surface area contributed by atoms with Gasteiger partial charge in [-0.1, -0.05) is 42.5 Å². The van der Waals surface area contributed by atoms with E-state index >= 15 is 0 Å². The van der Waals surface area contributed by atoms with Crippen molar-refractivity contribution < 1.29 is 14.0 Å². The summed E-state index contributed by atoms with van der Waals surface area (Å²) in [5, 5.41) is 2.64. The Bertz CT molecular complexity index is 674. The molecule has 0 saturated heterocycles. The van der Waals surface area contributed by atoms with Gasteiger partial charge >= 0.3 is 0 Å². The van der Waals surface area contributed by atoms with Gasteiger partial charge < -0.3 is 10.2 Å². The lowest BCUT2D eigenvalue weighted by molar-refractivity contribution is -0.129. The van der Waals surface area contributed by atoms with Crippen molar-refractivity contribution in [2.24, 2.45) is 0 Å². The van der Waals surface area contributed by atoms with E-state index in [9.17, 15) is 14.0 Å². The molecule has 120 valence electrons. The van der Waals surface area contributed by atoms with Crippen LogP contribution in [-0.2, 0) is 11.3 Å². The SMILES string of the molecule is CC(=O)N(CCNC(=O)c1ccccc1F)Cc1ccccc1. The van der Waals surface area contributed by atoms with Gasteiger partial charge in [0, 0.05) is 26.6 Å². The monoisotopic (exact) mass is 314 g/mol. The highest BCUT2D eigenvalue weighted by molar-refractivity contribution is 5.94. The van der Waals surface area contributed by atoms with E-state index in [2.05, 4.69) is 5.32 Å². The number of nitrogens with zero attached hydrogens (tertiary/aromatic N) is 1. The van der Waals surface area contributed by atoms with Gasteiger partial charge in [-0.25, -0.2) is 4.39 Å². The molecule has 0 atom stereocenters. The van der Waals surface area contributed by atoms with Gasteiger partial charge in [0.1, 0.15) is 5.82 Å². The Labute approximate surface area is 134 Å². The van der Waals surface area contributed by atoms with E-state index in [1.807, 2.05) is 30.3 Å². The average molecular weight is 314 g/mol. The van der Waals surface area contributed by atoms with Crippen molar-refractivity contribution in [2.45, 2.75) is 13.5 Å². The molecule has 23 heavy (non-hydrogen) atoms. The Kier molecular flexibility index (Phi) is 5.86. The van der Waals surface area contributed by atoms with Gasteiger partial charge in [0.15, 0.2) is 0 Å². The normalized spacial score (nSPS) is 10.2. The van der Waals surface area contributed by atoms with Gasteiger partial charge in [-0.3, -0.25) is 9.59 Å². The highest BCUT2D eigenvalue weighted by atomic mass is 19.1. The first kappa shape index (κ1) is 16.7. The average Bonchev–Trinajstić information content (AvgIpc) is 2.55. The largest absolute Gasteiger partial charge is 0.350 e. The van der Waals surface area contributed by atoms with Crippen LogP contribution in [0.4, 0.5) is 4.39 Å². The minimum Gasteiger partial charge on any atom is -0.350 e. The zero-order chi connectivity index (χ0) is 16.7. The van der Waals surface area contributed by atoms with E-state index in [1.165, 1.54) is 25.1 Å². The van der Waals surface area contributed by atoms with E-state index < -0.39 is 11.7 Å². The highest BCUT2D eigenvalue weighted by Gasteiger charge is 2.12. The van der Waals surface area contributed by atoms with Crippen molar-refractivity contribution in [3.8, 4) is 0 Å². The summed E-state index contributed by atoms with van der Waals surface area (Å²) in [5.41, 5.74) is 1.02. The molecule has 0 heterocycles. The number of nitrogens with one attached hydrogen (secondary N) is 1. The summed E-state index contributed by atoms with van der Waals surface area (Å²) in [5.74, 6) is -1.11. The van der Waals surface area contributed by atoms with Crippen LogP contribution in [0, 0.1) is 5.82 Å². The fraction of sp³-hybridized carbons (Fsp3) is 0.222. The molecule has 0 bridgehead atoms. The van der Waals surface area contributed by atoms with Crippen LogP contribution in [0.25, 0.3) is 0 Å². The van der Waals surface area contributed by atoms with E-state index in [-0.39, 0.29) is 18.0 Å². The summed E-state index contributed by atoms with van der Waals surface area (Å²) < 4.78 is 13.5. The number of hydrogen-bond donors (Lipinski definition) is 1. The summed E-state index contributed by atoms with van der Waals surface area (Å²) >= 11 is 0. The van der Waals surface area contributed by atoms with Crippen LogP contribution in [-0.4, -0.2) is 29.8 Å². The van der Waals surface area contributed by atoms with Crippen molar-refractivity contribution in [2.75, 3.05) is 13.1 Å². The third-order valence-corrected chi connectivity index (χ3v) is 3.45. The lowest BCUT2D eigenvalue weighted by Crippen LogP contribution is -2.37. The van der Waals surface area contributed by atoms with E-state index in [1.54, 1.807) is 11.0 Å². The first-order valence-electron chi connectivity index (χ1n) is 7.40. The molecule has 5 heteroatoms. The molecule has 1 N–H and O–H groups in total. The molecule has 0 aliphatic rings. The lowest BCUT2D eigenvalue weighted by atomic mass is 10.2. The Morgan fingerprint density at radius 1 is 1.04 bits per heavy atom. The first-order valence-corrected chi connectivity index (χ1v) is 7.40. The van der Waals surface area contributed by atoms with Crippen LogP contribution in [0.1, 0.15) is 22.8 Å². The van der Waals surface area contributed by atoms with Crippen LogP contribution in [0.3, 0.4) is 0 Å². The van der Waals surface area contributed by atoms with Crippen molar-refractivity contribution in [1.29, 1.82) is 0 Å². The Morgan fingerprint density at radius 3 is 2.35 bits per heavy atom. The number of hydrogen-bond acceptors (Lipinski definition) is 2. The summed E-state index contributed by atoms with van der Waals surface area (Å²) in [6.45, 7) is 2.59. The second-order valence-corrected chi connectivity index (χ2v) is 5.16. The molecule has 0 unspecified atom stereocenters. The third kappa shape index (κ3) is 4.92. The van der Waals surface area contributed by atoms with Crippen LogP contribution in [0.2, 0.25) is 0 Å². The van der Waals surface area contributed by atoms with Crippen molar-refractivity contribution in [3.63, 3.8) is 0 Å². The molecule has 2 aromatic rings. The number of carbonyl (C=O) groups is 2. The summed E-state index contributed by atoms with van der Waals surface area (Å²) in [6.07, 6.45) is 0. The minimum atomic E-state index is -0.558. The van der Waals surface area contributed by atoms with Gasteiger partial charge in [0.25, 0.3) is 5.91 Å². The van der Waals surface area contributed by atoms with Crippen molar-refractivity contribution >= 4 is 11.8 Å². The lowest BCUT2D eigenvalue weighted by Gasteiger charge is -2.21. The van der Waals surface area contributed by atoms with E-state index in [0.29, 0.717) is 13.1 Å². The molecule has 0 fully saturated rings. The molecular weight excluding hydrogens is 295 g/mol. The predicted molar refractivity (Wildman–Crippen MR) is 86.3 cm³/mol. The van der Waals surface area contributed by atoms with Gasteiger partial charge in [-0.2, -0.15) is 0 Å². The molecule has 2 rings (SSSR count). The maximum absolute atomic E-state index is 13.5. The van der Waals surface area contributed by atoms with Crippen LogP contribution in [0.15, 0.2) is 54.6 Å². The van der Waals surface area contributed by atoms with Crippen molar-refractivity contribution in [3.05, 3.63) is 71.5 Å². The maximum Gasteiger partial charge on any atom is 0.254 e. The van der Waals surface area contributed by atoms with Crippen LogP contribution in [0.5, 0.6) is 0 Å². The number of halogens is 1. The third-order valence-electron chi connectivity index (χ3n) is 3.45. The highest BCUT2D eigenvalue weighted by Crippen LogP contribution is 2.06. The summed E-state index contributed by atoms with van der Waals surface area (Å²) in [6, 6.07) is 15.4. The second-order valence-electron chi connectivity index (χ2n) is 5.16. The molecule has 0 spiro atoms. The summed E-state index contributed by atoms with van der Waals surface area (Å²) in [7, 11) is 0. The minimum absolute atomic E-state index is 0.00457. The fourth-order valence-electron chi connectivity index (χ4n) is 2.20. The summed E-state index contributed by atoms with van der Waals surface area (Å²) in [4.78, 5) is 25.3. The number of carbonyl (C=O) groups excluding carboxylic acids is 2. The number of benzene rings is 2. The Morgan fingerprint density at radius 2 is 1.70 bits per heavy atom. The Hall–Kier alpha value is -2.69. The standard InChI is InChI=1S/C18H19FN2O2/c1-14(22)21(13-15-7-3-2-4-8-15)12-11-20-18(23)16-9-5-6-10-17(16)19/h2-10H,11-13H2,1H3,(H,20,23). The molecule has 2 amide bonds. The van der Waals surface area contributed by atoms with Gasteiger partial charge in [0.05, 0.1) is 5.56 Å². The maximum atomic E-state index is 13.5. The molecule has 0 aliphatic carbocycles. The number of amides is 2. The predicted octanol–water partition coefficient (Wildman–Crippen LogP) is 2.60. The van der Waals surface area contributed by atoms with Crippen LogP contribution >= 0.6 is 0 Å². The Balaban J connectivity index is 1.88. The van der Waals surface area contributed by atoms with Gasteiger partial charge in [-0.05, 0) is 17.7 Å².